The number of ketones is 1. The maximum absolute atomic E-state index is 12.5. The van der Waals surface area contributed by atoms with Crippen LogP contribution >= 0.6 is 0 Å². The zero-order chi connectivity index (χ0) is 12.5. The fourth-order valence-electron chi connectivity index (χ4n) is 3.20. The normalized spacial score (nSPS) is 28.5. The molecule has 0 aromatic rings. The summed E-state index contributed by atoms with van der Waals surface area (Å²) in [6, 6.07) is 0. The molecule has 1 heterocycles. The number of hydrogen-bond donors (Lipinski definition) is 0. The second-order valence-corrected chi connectivity index (χ2v) is 5.84. The monoisotopic (exact) mass is 237 g/mol. The molecule has 2 aliphatic rings. The average molecular weight is 237 g/mol. The molecule has 1 aliphatic heterocycles. The summed E-state index contributed by atoms with van der Waals surface area (Å²) >= 11 is 0. The van der Waals surface area contributed by atoms with E-state index >= 15 is 0 Å². The highest BCUT2D eigenvalue weighted by molar-refractivity contribution is 5.87. The van der Waals surface area contributed by atoms with E-state index in [0.717, 1.165) is 19.3 Å². The first kappa shape index (κ1) is 12.6. The number of amides is 1. The predicted octanol–water partition coefficient (Wildman–Crippen LogP) is 2.39. The van der Waals surface area contributed by atoms with Gasteiger partial charge >= 0.3 is 0 Å². The highest BCUT2D eigenvalue weighted by atomic mass is 16.2. The first-order chi connectivity index (χ1) is 8.07. The van der Waals surface area contributed by atoms with Crippen LogP contribution in [0.1, 0.15) is 52.4 Å². The van der Waals surface area contributed by atoms with Crippen molar-refractivity contribution in [2.24, 2.45) is 11.3 Å². The van der Waals surface area contributed by atoms with Crippen molar-refractivity contribution < 1.29 is 9.59 Å². The van der Waals surface area contributed by atoms with Crippen molar-refractivity contribution in [3.8, 4) is 0 Å². The minimum absolute atomic E-state index is 0.0812. The Morgan fingerprint density at radius 3 is 2.65 bits per heavy atom. The fourth-order valence-corrected chi connectivity index (χ4v) is 3.20. The van der Waals surface area contributed by atoms with Gasteiger partial charge in [-0.15, -0.1) is 0 Å². The molecule has 0 radical (unpaired) electrons. The SMILES string of the molecule is CCC1CN(C(=O)C2(C)CCCC2)CCC1=O. The molecule has 1 aliphatic carbocycles. The van der Waals surface area contributed by atoms with Gasteiger partial charge in [-0.05, 0) is 19.3 Å². The summed E-state index contributed by atoms with van der Waals surface area (Å²) in [5.41, 5.74) is -0.140. The van der Waals surface area contributed by atoms with Gasteiger partial charge in [-0.1, -0.05) is 26.7 Å². The van der Waals surface area contributed by atoms with Crippen molar-refractivity contribution in [1.82, 2.24) is 4.90 Å². The van der Waals surface area contributed by atoms with Crippen LogP contribution in [0.25, 0.3) is 0 Å². The molecule has 0 aromatic carbocycles. The summed E-state index contributed by atoms with van der Waals surface area (Å²) < 4.78 is 0. The van der Waals surface area contributed by atoms with E-state index < -0.39 is 0 Å². The molecule has 3 nitrogen and oxygen atoms in total. The lowest BCUT2D eigenvalue weighted by molar-refractivity contribution is -0.145. The van der Waals surface area contributed by atoms with Crippen molar-refractivity contribution in [2.75, 3.05) is 13.1 Å². The Morgan fingerprint density at radius 2 is 2.06 bits per heavy atom. The quantitative estimate of drug-likeness (QED) is 0.739. The molecule has 1 saturated carbocycles. The van der Waals surface area contributed by atoms with E-state index in [0.29, 0.717) is 31.2 Å². The lowest BCUT2D eigenvalue weighted by Gasteiger charge is -2.36. The molecule has 96 valence electrons. The molecule has 0 aromatic heterocycles. The van der Waals surface area contributed by atoms with Gasteiger partial charge in [-0.3, -0.25) is 9.59 Å². The second kappa shape index (κ2) is 4.79. The third kappa shape index (κ3) is 2.38. The zero-order valence-corrected chi connectivity index (χ0v) is 11.0. The Balaban J connectivity index is 2.03. The molecule has 1 unspecified atom stereocenters. The number of piperidine rings is 1. The zero-order valence-electron chi connectivity index (χ0n) is 11.0. The van der Waals surface area contributed by atoms with Gasteiger partial charge < -0.3 is 4.90 Å². The molecule has 3 heteroatoms. The smallest absolute Gasteiger partial charge is 0.228 e. The van der Waals surface area contributed by atoms with E-state index in [1.54, 1.807) is 0 Å². The minimum Gasteiger partial charge on any atom is -0.341 e. The van der Waals surface area contributed by atoms with Crippen LogP contribution in [0, 0.1) is 11.3 Å². The van der Waals surface area contributed by atoms with Crippen LogP contribution in [0.2, 0.25) is 0 Å². The minimum atomic E-state index is -0.140. The van der Waals surface area contributed by atoms with Gasteiger partial charge in [-0.25, -0.2) is 0 Å². The first-order valence-corrected chi connectivity index (χ1v) is 6.89. The number of hydrogen-bond acceptors (Lipinski definition) is 2. The Hall–Kier alpha value is -0.860. The lowest BCUT2D eigenvalue weighted by Crippen LogP contribution is -2.48. The van der Waals surface area contributed by atoms with Crippen molar-refractivity contribution in [1.29, 1.82) is 0 Å². The number of nitrogens with zero attached hydrogens (tertiary/aromatic N) is 1. The van der Waals surface area contributed by atoms with Crippen molar-refractivity contribution >= 4 is 11.7 Å². The molecule has 17 heavy (non-hydrogen) atoms. The molecule has 1 saturated heterocycles. The van der Waals surface area contributed by atoms with Crippen LogP contribution in [-0.4, -0.2) is 29.7 Å². The first-order valence-electron chi connectivity index (χ1n) is 6.89. The second-order valence-electron chi connectivity index (χ2n) is 5.84. The number of Topliss-reactive ketones (excluding diaryl/α,β-unsaturated/α-hetero) is 1. The van der Waals surface area contributed by atoms with E-state index in [1.165, 1.54) is 12.8 Å². The molecule has 1 amide bonds. The lowest BCUT2D eigenvalue weighted by atomic mass is 9.85. The Morgan fingerprint density at radius 1 is 1.41 bits per heavy atom. The third-order valence-electron chi connectivity index (χ3n) is 4.53. The number of likely N-dealkylation sites (tertiary alicyclic amines) is 1. The Labute approximate surface area is 104 Å². The highest BCUT2D eigenvalue weighted by Crippen LogP contribution is 2.39. The van der Waals surface area contributed by atoms with Crippen molar-refractivity contribution in [2.45, 2.75) is 52.4 Å². The van der Waals surface area contributed by atoms with E-state index in [9.17, 15) is 9.59 Å². The average Bonchev–Trinajstić information content (AvgIpc) is 2.77. The van der Waals surface area contributed by atoms with Gasteiger partial charge in [0, 0.05) is 30.8 Å². The van der Waals surface area contributed by atoms with Crippen LogP contribution in [0.15, 0.2) is 0 Å². The topological polar surface area (TPSA) is 37.4 Å². The molecule has 0 N–H and O–H groups in total. The molecule has 0 spiro atoms. The molecule has 1 atom stereocenters. The summed E-state index contributed by atoms with van der Waals surface area (Å²) in [6.45, 7) is 5.43. The predicted molar refractivity (Wildman–Crippen MR) is 66.6 cm³/mol. The molecular formula is C14H23NO2. The van der Waals surface area contributed by atoms with E-state index in [4.69, 9.17) is 0 Å². The van der Waals surface area contributed by atoms with Gasteiger partial charge in [0.1, 0.15) is 5.78 Å². The summed E-state index contributed by atoms with van der Waals surface area (Å²) in [7, 11) is 0. The van der Waals surface area contributed by atoms with Crippen LogP contribution in [0.4, 0.5) is 0 Å². The van der Waals surface area contributed by atoms with Crippen LogP contribution in [0.3, 0.4) is 0 Å². The summed E-state index contributed by atoms with van der Waals surface area (Å²) in [6.07, 6.45) is 5.80. The molecule has 2 fully saturated rings. The van der Waals surface area contributed by atoms with Gasteiger partial charge in [0.05, 0.1) is 0 Å². The Kier molecular flexibility index (Phi) is 3.55. The highest BCUT2D eigenvalue weighted by Gasteiger charge is 2.41. The fraction of sp³-hybridized carbons (Fsp3) is 0.857. The summed E-state index contributed by atoms with van der Waals surface area (Å²) in [5, 5.41) is 0. The third-order valence-corrected chi connectivity index (χ3v) is 4.53. The maximum atomic E-state index is 12.5. The van der Waals surface area contributed by atoms with Gasteiger partial charge in [-0.2, -0.15) is 0 Å². The summed E-state index contributed by atoms with van der Waals surface area (Å²) in [4.78, 5) is 26.1. The van der Waals surface area contributed by atoms with Gasteiger partial charge in [0.25, 0.3) is 0 Å². The van der Waals surface area contributed by atoms with E-state index in [2.05, 4.69) is 6.92 Å². The Bertz CT molecular complexity index is 318. The van der Waals surface area contributed by atoms with E-state index in [-0.39, 0.29) is 11.3 Å². The molecular weight excluding hydrogens is 214 g/mol. The van der Waals surface area contributed by atoms with Gasteiger partial charge in [0.15, 0.2) is 0 Å². The van der Waals surface area contributed by atoms with Gasteiger partial charge in [0.2, 0.25) is 5.91 Å². The van der Waals surface area contributed by atoms with Crippen molar-refractivity contribution in [3.05, 3.63) is 0 Å². The molecule has 0 bridgehead atoms. The standard InChI is InChI=1S/C14H23NO2/c1-3-11-10-15(9-6-12(11)16)13(17)14(2)7-4-5-8-14/h11H,3-10H2,1-2H3. The van der Waals surface area contributed by atoms with Crippen LogP contribution in [-0.2, 0) is 9.59 Å². The van der Waals surface area contributed by atoms with Crippen LogP contribution < -0.4 is 0 Å². The number of carbonyl (C=O) groups excluding carboxylic acids is 2. The van der Waals surface area contributed by atoms with Crippen LogP contribution in [0.5, 0.6) is 0 Å². The number of carbonyl (C=O) groups is 2. The largest absolute Gasteiger partial charge is 0.341 e. The maximum Gasteiger partial charge on any atom is 0.228 e. The molecule has 2 rings (SSSR count). The van der Waals surface area contributed by atoms with Crippen molar-refractivity contribution in [3.63, 3.8) is 0 Å². The summed E-state index contributed by atoms with van der Waals surface area (Å²) in [5.74, 6) is 0.715. The number of rotatable bonds is 2. The van der Waals surface area contributed by atoms with E-state index in [1.807, 2.05) is 11.8 Å².